The molecule has 1 amide bonds. The van der Waals surface area contributed by atoms with E-state index in [1.165, 1.54) is 24.4 Å². The molecule has 0 saturated heterocycles. The van der Waals surface area contributed by atoms with E-state index in [-0.39, 0.29) is 23.6 Å². The van der Waals surface area contributed by atoms with E-state index in [1.807, 2.05) is 36.4 Å². The van der Waals surface area contributed by atoms with Crippen molar-refractivity contribution >= 4 is 76.7 Å². The van der Waals surface area contributed by atoms with Crippen LogP contribution in [0.2, 0.25) is 0 Å². The minimum absolute atomic E-state index is 0.0673. The number of amides is 1. The van der Waals surface area contributed by atoms with Gasteiger partial charge in [0.25, 0.3) is 0 Å². The van der Waals surface area contributed by atoms with Gasteiger partial charge in [0.2, 0.25) is 5.91 Å². The number of fused-ring (bicyclic) bond motifs is 1. The Morgan fingerprint density at radius 3 is 2.46 bits per heavy atom. The molecule has 0 aromatic heterocycles. The van der Waals surface area contributed by atoms with Gasteiger partial charge in [-0.1, -0.05) is 68.3 Å². The van der Waals surface area contributed by atoms with Crippen molar-refractivity contribution in [1.29, 1.82) is 0 Å². The summed E-state index contributed by atoms with van der Waals surface area (Å²) in [7, 11) is 0. The normalized spacial score (nSPS) is 11.1. The first kappa shape index (κ1) is 25.2. The molecule has 4 aromatic carbocycles. The summed E-state index contributed by atoms with van der Waals surface area (Å²) in [5.41, 5.74) is 3.87. The van der Waals surface area contributed by atoms with Crippen LogP contribution in [-0.4, -0.2) is 18.1 Å². The number of hydrazone groups is 1. The molecule has 0 radical (unpaired) electrons. The molecule has 9 heteroatoms. The van der Waals surface area contributed by atoms with Crippen LogP contribution in [0.25, 0.3) is 10.8 Å². The van der Waals surface area contributed by atoms with E-state index in [0.29, 0.717) is 14.5 Å². The molecule has 1 N–H and O–H groups in total. The smallest absolute Gasteiger partial charge is 0.343 e. The van der Waals surface area contributed by atoms with Crippen molar-refractivity contribution in [2.24, 2.45) is 5.10 Å². The SMILES string of the molecule is O=C(Cc1ccc(Br)c2ccccc12)N/N=C/c1cc(Br)cc(Br)c1OC(=O)c1cccc(F)c1. The van der Waals surface area contributed by atoms with Crippen molar-refractivity contribution in [3.05, 3.63) is 109 Å². The lowest BCUT2D eigenvalue weighted by Crippen LogP contribution is -2.20. The molecule has 0 aliphatic carbocycles. The Morgan fingerprint density at radius 2 is 1.69 bits per heavy atom. The summed E-state index contributed by atoms with van der Waals surface area (Å²) in [6, 6.07) is 20.2. The predicted octanol–water partition coefficient (Wildman–Crippen LogP) is 7.18. The Bertz CT molecular complexity index is 1470. The summed E-state index contributed by atoms with van der Waals surface area (Å²) in [6.07, 6.45) is 1.51. The fourth-order valence-electron chi connectivity index (χ4n) is 3.42. The highest BCUT2D eigenvalue weighted by Crippen LogP contribution is 2.33. The van der Waals surface area contributed by atoms with Crippen LogP contribution in [0.5, 0.6) is 5.75 Å². The summed E-state index contributed by atoms with van der Waals surface area (Å²) < 4.78 is 21.1. The number of esters is 1. The zero-order chi connectivity index (χ0) is 24.9. The van der Waals surface area contributed by atoms with Gasteiger partial charge in [-0.05, 0) is 68.7 Å². The molecule has 0 heterocycles. The van der Waals surface area contributed by atoms with Crippen LogP contribution < -0.4 is 10.2 Å². The molecule has 0 aliphatic heterocycles. The molecule has 0 fully saturated rings. The predicted molar refractivity (Wildman–Crippen MR) is 144 cm³/mol. The second-order valence-electron chi connectivity index (χ2n) is 7.43. The zero-order valence-electron chi connectivity index (χ0n) is 17.9. The summed E-state index contributed by atoms with van der Waals surface area (Å²) >= 11 is 10.3. The number of nitrogens with zero attached hydrogens (tertiary/aromatic N) is 1. The molecule has 0 saturated carbocycles. The van der Waals surface area contributed by atoms with Gasteiger partial charge in [0.1, 0.15) is 5.82 Å². The largest absolute Gasteiger partial charge is 0.421 e. The summed E-state index contributed by atoms with van der Waals surface area (Å²) in [6.45, 7) is 0. The molecule has 4 rings (SSSR count). The maximum Gasteiger partial charge on any atom is 0.343 e. The van der Waals surface area contributed by atoms with Crippen LogP contribution >= 0.6 is 47.8 Å². The standard InChI is InChI=1S/C26H16Br3FN2O3/c27-18-10-17(25(23(29)13-18)35-26(34)16-4-3-5-19(30)11-16)14-31-32-24(33)12-15-8-9-22(28)21-7-2-1-6-20(15)21/h1-11,13-14H,12H2,(H,32,33)/b31-14+. The molecule has 0 atom stereocenters. The number of hydrogen-bond acceptors (Lipinski definition) is 4. The highest BCUT2D eigenvalue weighted by molar-refractivity contribution is 9.11. The number of halogens is 4. The molecule has 0 aliphatic rings. The second kappa shape index (κ2) is 11.2. The maximum absolute atomic E-state index is 13.5. The average Bonchev–Trinajstić information content (AvgIpc) is 2.83. The fourth-order valence-corrected chi connectivity index (χ4v) is 5.23. The quantitative estimate of drug-likeness (QED) is 0.103. The van der Waals surface area contributed by atoms with E-state index in [1.54, 1.807) is 12.1 Å². The van der Waals surface area contributed by atoms with Gasteiger partial charge in [0.15, 0.2) is 5.75 Å². The minimum Gasteiger partial charge on any atom is -0.421 e. The Balaban J connectivity index is 1.51. The Morgan fingerprint density at radius 1 is 0.914 bits per heavy atom. The van der Waals surface area contributed by atoms with E-state index in [4.69, 9.17) is 4.74 Å². The lowest BCUT2D eigenvalue weighted by atomic mass is 10.0. The number of benzene rings is 4. The van der Waals surface area contributed by atoms with E-state index in [2.05, 4.69) is 58.3 Å². The van der Waals surface area contributed by atoms with E-state index in [9.17, 15) is 14.0 Å². The first-order valence-electron chi connectivity index (χ1n) is 10.3. The molecular weight excluding hydrogens is 647 g/mol. The summed E-state index contributed by atoms with van der Waals surface area (Å²) in [5, 5.41) is 6.04. The molecular formula is C26H16Br3FN2O3. The Labute approximate surface area is 225 Å². The van der Waals surface area contributed by atoms with Crippen LogP contribution in [0.4, 0.5) is 4.39 Å². The first-order valence-corrected chi connectivity index (χ1v) is 12.6. The topological polar surface area (TPSA) is 67.8 Å². The van der Waals surface area contributed by atoms with E-state index in [0.717, 1.165) is 26.9 Å². The Hall–Kier alpha value is -2.88. The van der Waals surface area contributed by atoms with Gasteiger partial charge in [-0.2, -0.15) is 5.10 Å². The van der Waals surface area contributed by atoms with Crippen LogP contribution in [0.1, 0.15) is 21.5 Å². The van der Waals surface area contributed by atoms with Crippen molar-refractivity contribution in [1.82, 2.24) is 5.43 Å². The summed E-state index contributed by atoms with van der Waals surface area (Å²) in [5.74, 6) is -1.40. The van der Waals surface area contributed by atoms with Crippen molar-refractivity contribution in [2.45, 2.75) is 6.42 Å². The van der Waals surface area contributed by atoms with Gasteiger partial charge < -0.3 is 4.74 Å². The third-order valence-electron chi connectivity index (χ3n) is 5.00. The van der Waals surface area contributed by atoms with Gasteiger partial charge in [-0.15, -0.1) is 0 Å². The van der Waals surface area contributed by atoms with E-state index >= 15 is 0 Å². The van der Waals surface area contributed by atoms with Crippen LogP contribution in [0, 0.1) is 5.82 Å². The highest BCUT2D eigenvalue weighted by atomic mass is 79.9. The van der Waals surface area contributed by atoms with Gasteiger partial charge in [-0.3, -0.25) is 4.79 Å². The third-order valence-corrected chi connectivity index (χ3v) is 6.74. The van der Waals surface area contributed by atoms with Crippen molar-refractivity contribution in [3.63, 3.8) is 0 Å². The monoisotopic (exact) mass is 660 g/mol. The fraction of sp³-hybridized carbons (Fsp3) is 0.0385. The molecule has 0 spiro atoms. The van der Waals surface area contributed by atoms with E-state index < -0.39 is 11.8 Å². The number of nitrogens with one attached hydrogen (secondary N) is 1. The molecule has 0 bridgehead atoms. The van der Waals surface area contributed by atoms with Gasteiger partial charge in [0, 0.05) is 14.5 Å². The number of carbonyl (C=O) groups excluding carboxylic acids is 2. The van der Waals surface area contributed by atoms with Crippen LogP contribution in [-0.2, 0) is 11.2 Å². The minimum atomic E-state index is -0.728. The lowest BCUT2D eigenvalue weighted by Gasteiger charge is -2.11. The molecule has 4 aromatic rings. The number of hydrogen-bond donors (Lipinski definition) is 1. The summed E-state index contributed by atoms with van der Waals surface area (Å²) in [4.78, 5) is 25.1. The molecule has 0 unspecified atom stereocenters. The highest BCUT2D eigenvalue weighted by Gasteiger charge is 2.16. The van der Waals surface area contributed by atoms with Gasteiger partial charge in [0.05, 0.1) is 22.7 Å². The lowest BCUT2D eigenvalue weighted by molar-refractivity contribution is -0.120. The Kier molecular flexibility index (Phi) is 8.10. The third kappa shape index (κ3) is 6.22. The number of carbonyl (C=O) groups is 2. The number of ether oxygens (including phenoxy) is 1. The van der Waals surface area contributed by atoms with Crippen molar-refractivity contribution < 1.29 is 18.7 Å². The first-order chi connectivity index (χ1) is 16.8. The molecule has 5 nitrogen and oxygen atoms in total. The van der Waals surface area contributed by atoms with Gasteiger partial charge in [-0.25, -0.2) is 14.6 Å². The van der Waals surface area contributed by atoms with Crippen LogP contribution in [0.15, 0.2) is 91.3 Å². The molecule has 176 valence electrons. The zero-order valence-corrected chi connectivity index (χ0v) is 22.7. The van der Waals surface area contributed by atoms with Crippen molar-refractivity contribution in [3.8, 4) is 5.75 Å². The average molecular weight is 663 g/mol. The number of rotatable bonds is 6. The second-order valence-corrected chi connectivity index (χ2v) is 10.1. The maximum atomic E-state index is 13.5. The molecule has 35 heavy (non-hydrogen) atoms. The van der Waals surface area contributed by atoms with Crippen molar-refractivity contribution in [2.75, 3.05) is 0 Å². The van der Waals surface area contributed by atoms with Crippen LogP contribution in [0.3, 0.4) is 0 Å². The van der Waals surface area contributed by atoms with Gasteiger partial charge >= 0.3 is 5.97 Å².